The zero-order valence-electron chi connectivity index (χ0n) is 8.98. The summed E-state index contributed by atoms with van der Waals surface area (Å²) in [4.78, 5) is 4.30. The number of thioether (sulfide) groups is 1. The fourth-order valence-corrected chi connectivity index (χ4v) is 2.08. The van der Waals surface area contributed by atoms with Crippen molar-refractivity contribution in [1.82, 2.24) is 4.98 Å². The second-order valence-corrected chi connectivity index (χ2v) is 4.58. The van der Waals surface area contributed by atoms with E-state index in [1.165, 1.54) is 12.1 Å². The number of nitrogens with zero attached hydrogens (tertiary/aromatic N) is 1. The maximum absolute atomic E-state index is 12.7. The molecule has 0 atom stereocenters. The molecule has 0 aliphatic carbocycles. The van der Waals surface area contributed by atoms with Crippen LogP contribution in [0.25, 0.3) is 0 Å². The fourth-order valence-electron chi connectivity index (χ4n) is 1.28. The summed E-state index contributed by atoms with van der Waals surface area (Å²) in [5, 5.41) is 0.995. The summed E-state index contributed by atoms with van der Waals surface area (Å²) in [6.07, 6.45) is 1.85. The molecule has 0 saturated carbocycles. The molecule has 82 valence electrons. The Bertz CT molecular complexity index is 405. The predicted octanol–water partition coefficient (Wildman–Crippen LogP) is 3.82. The summed E-state index contributed by atoms with van der Waals surface area (Å²) >= 11 is 1.65. The second kappa shape index (κ2) is 5.12. The first-order chi connectivity index (χ1) is 7.74. The molecule has 2 rings (SSSR count). The lowest BCUT2D eigenvalue weighted by molar-refractivity contribution is 0.627. The average Bonchev–Trinajstić information content (AvgIpc) is 2.30. The molecule has 1 nitrogen and oxygen atoms in total. The Morgan fingerprint density at radius 1 is 1.12 bits per heavy atom. The van der Waals surface area contributed by atoms with Gasteiger partial charge in [-0.3, -0.25) is 0 Å². The van der Waals surface area contributed by atoms with E-state index in [0.29, 0.717) is 0 Å². The lowest BCUT2D eigenvalue weighted by atomic mass is 10.2. The quantitative estimate of drug-likeness (QED) is 0.747. The molecule has 0 radical (unpaired) electrons. The molecule has 0 spiro atoms. The van der Waals surface area contributed by atoms with Crippen molar-refractivity contribution in [2.24, 2.45) is 0 Å². The van der Waals surface area contributed by atoms with E-state index in [-0.39, 0.29) is 5.82 Å². The van der Waals surface area contributed by atoms with Gasteiger partial charge in [0, 0.05) is 11.9 Å². The van der Waals surface area contributed by atoms with Gasteiger partial charge >= 0.3 is 0 Å². The van der Waals surface area contributed by atoms with Crippen LogP contribution in [0.5, 0.6) is 0 Å². The Kier molecular flexibility index (Phi) is 3.57. The van der Waals surface area contributed by atoms with Crippen LogP contribution < -0.4 is 0 Å². The van der Waals surface area contributed by atoms with Crippen molar-refractivity contribution >= 4 is 11.8 Å². The summed E-state index contributed by atoms with van der Waals surface area (Å²) in [5.74, 6) is 0.623. The van der Waals surface area contributed by atoms with Gasteiger partial charge in [-0.05, 0) is 36.2 Å². The van der Waals surface area contributed by atoms with Crippen molar-refractivity contribution in [3.05, 3.63) is 59.5 Å². The molecule has 0 aliphatic rings. The maximum atomic E-state index is 12.7. The van der Waals surface area contributed by atoms with E-state index in [1.54, 1.807) is 23.9 Å². The summed E-state index contributed by atoms with van der Waals surface area (Å²) < 4.78 is 12.7. The maximum Gasteiger partial charge on any atom is 0.123 e. The molecule has 0 aliphatic heterocycles. The molecule has 1 heterocycles. The third-order valence-electron chi connectivity index (χ3n) is 2.18. The first-order valence-electron chi connectivity index (χ1n) is 5.04. The van der Waals surface area contributed by atoms with Gasteiger partial charge in [0.2, 0.25) is 0 Å². The van der Waals surface area contributed by atoms with Gasteiger partial charge in [-0.2, -0.15) is 0 Å². The Balaban J connectivity index is 1.97. The number of hydrogen-bond acceptors (Lipinski definition) is 2. The van der Waals surface area contributed by atoms with Gasteiger partial charge < -0.3 is 0 Å². The molecule has 1 aromatic heterocycles. The van der Waals surface area contributed by atoms with Crippen molar-refractivity contribution in [3.63, 3.8) is 0 Å². The van der Waals surface area contributed by atoms with Crippen LogP contribution in [0.2, 0.25) is 0 Å². The van der Waals surface area contributed by atoms with Gasteiger partial charge in [-0.1, -0.05) is 18.2 Å². The van der Waals surface area contributed by atoms with E-state index in [1.807, 2.05) is 25.3 Å². The average molecular weight is 233 g/mol. The van der Waals surface area contributed by atoms with Crippen LogP contribution in [0.3, 0.4) is 0 Å². The number of benzene rings is 1. The van der Waals surface area contributed by atoms with Crippen LogP contribution in [0.1, 0.15) is 11.1 Å². The van der Waals surface area contributed by atoms with Gasteiger partial charge in [-0.15, -0.1) is 11.8 Å². The van der Waals surface area contributed by atoms with Crippen LogP contribution in [0.15, 0.2) is 47.6 Å². The van der Waals surface area contributed by atoms with Crippen molar-refractivity contribution in [2.45, 2.75) is 17.7 Å². The molecule has 0 fully saturated rings. The molecular formula is C13H12FNS. The Morgan fingerprint density at radius 2 is 1.88 bits per heavy atom. The van der Waals surface area contributed by atoms with Gasteiger partial charge in [0.25, 0.3) is 0 Å². The monoisotopic (exact) mass is 233 g/mol. The van der Waals surface area contributed by atoms with E-state index in [9.17, 15) is 4.39 Å². The summed E-state index contributed by atoms with van der Waals surface area (Å²) in [7, 11) is 0. The zero-order valence-corrected chi connectivity index (χ0v) is 9.80. The molecule has 3 heteroatoms. The van der Waals surface area contributed by atoms with Crippen LogP contribution >= 0.6 is 11.8 Å². The van der Waals surface area contributed by atoms with Crippen LogP contribution in [-0.2, 0) is 5.75 Å². The van der Waals surface area contributed by atoms with E-state index < -0.39 is 0 Å². The van der Waals surface area contributed by atoms with Crippen molar-refractivity contribution < 1.29 is 4.39 Å². The van der Waals surface area contributed by atoms with E-state index in [0.717, 1.165) is 21.9 Å². The Labute approximate surface area is 98.7 Å². The normalized spacial score (nSPS) is 10.4. The molecule has 0 N–H and O–H groups in total. The standard InChI is InChI=1S/C13H12FNS/c1-10-2-7-13(15-8-10)16-9-11-3-5-12(14)6-4-11/h2-8H,9H2,1H3. The highest BCUT2D eigenvalue weighted by molar-refractivity contribution is 7.98. The highest BCUT2D eigenvalue weighted by atomic mass is 32.2. The summed E-state index contributed by atoms with van der Waals surface area (Å²) in [5.41, 5.74) is 2.26. The third-order valence-corrected chi connectivity index (χ3v) is 3.20. The van der Waals surface area contributed by atoms with E-state index in [4.69, 9.17) is 0 Å². The van der Waals surface area contributed by atoms with Gasteiger partial charge in [0.05, 0.1) is 5.03 Å². The zero-order chi connectivity index (χ0) is 11.4. The Morgan fingerprint density at radius 3 is 2.50 bits per heavy atom. The summed E-state index contributed by atoms with van der Waals surface area (Å²) in [6.45, 7) is 2.02. The van der Waals surface area contributed by atoms with Crippen molar-refractivity contribution in [3.8, 4) is 0 Å². The lowest BCUT2D eigenvalue weighted by Gasteiger charge is -2.01. The predicted molar refractivity (Wildman–Crippen MR) is 64.9 cm³/mol. The SMILES string of the molecule is Cc1ccc(SCc2ccc(F)cc2)nc1. The number of aromatic nitrogens is 1. The van der Waals surface area contributed by atoms with Crippen molar-refractivity contribution in [2.75, 3.05) is 0 Å². The highest BCUT2D eigenvalue weighted by Gasteiger charge is 1.97. The van der Waals surface area contributed by atoms with Crippen molar-refractivity contribution in [1.29, 1.82) is 0 Å². The first-order valence-corrected chi connectivity index (χ1v) is 6.02. The molecule has 0 amide bonds. The lowest BCUT2D eigenvalue weighted by Crippen LogP contribution is -1.84. The van der Waals surface area contributed by atoms with Gasteiger partial charge in [0.1, 0.15) is 5.82 Å². The minimum atomic E-state index is -0.192. The number of aryl methyl sites for hydroxylation is 1. The number of hydrogen-bond donors (Lipinski definition) is 0. The number of rotatable bonds is 3. The van der Waals surface area contributed by atoms with E-state index >= 15 is 0 Å². The topological polar surface area (TPSA) is 12.9 Å². The minimum Gasteiger partial charge on any atom is -0.250 e. The second-order valence-electron chi connectivity index (χ2n) is 3.59. The molecule has 1 aromatic carbocycles. The number of pyridine rings is 1. The Hall–Kier alpha value is -1.35. The molecule has 16 heavy (non-hydrogen) atoms. The van der Waals surface area contributed by atoms with Gasteiger partial charge in [0.15, 0.2) is 0 Å². The van der Waals surface area contributed by atoms with Crippen LogP contribution in [0.4, 0.5) is 4.39 Å². The minimum absolute atomic E-state index is 0.192. The van der Waals surface area contributed by atoms with Gasteiger partial charge in [-0.25, -0.2) is 9.37 Å². The van der Waals surface area contributed by atoms with E-state index in [2.05, 4.69) is 4.98 Å². The number of halogens is 1. The van der Waals surface area contributed by atoms with Crippen LogP contribution in [-0.4, -0.2) is 4.98 Å². The molecule has 2 aromatic rings. The largest absolute Gasteiger partial charge is 0.250 e. The molecule has 0 unspecified atom stereocenters. The molecule has 0 saturated heterocycles. The fraction of sp³-hybridized carbons (Fsp3) is 0.154. The first kappa shape index (κ1) is 11.1. The molecule has 0 bridgehead atoms. The summed E-state index contributed by atoms with van der Waals surface area (Å²) in [6, 6.07) is 10.6. The smallest absolute Gasteiger partial charge is 0.123 e. The third kappa shape index (κ3) is 3.07. The van der Waals surface area contributed by atoms with Crippen LogP contribution in [0, 0.1) is 12.7 Å². The molecular weight excluding hydrogens is 221 g/mol. The highest BCUT2D eigenvalue weighted by Crippen LogP contribution is 2.20.